The molecule has 0 fully saturated rings. The molecule has 2 aromatic carbocycles. The average Bonchev–Trinajstić information content (AvgIpc) is 3.23. The number of rotatable bonds is 5. The molecule has 5 rings (SSSR count). The van der Waals surface area contributed by atoms with Crippen LogP contribution in [0.4, 0.5) is 0 Å². The molecule has 0 aliphatic rings. The smallest absolute Gasteiger partial charge is 0.289 e. The number of nitrogens with one attached hydrogen (secondary N) is 2. The summed E-state index contributed by atoms with van der Waals surface area (Å²) in [6.45, 7) is 2.25. The highest BCUT2D eigenvalue weighted by molar-refractivity contribution is 5.98. The first-order valence-electron chi connectivity index (χ1n) is 10.2. The lowest BCUT2D eigenvalue weighted by Gasteiger charge is -2.09. The molecule has 0 spiro atoms. The highest BCUT2D eigenvalue weighted by Crippen LogP contribution is 2.31. The maximum absolute atomic E-state index is 12.6. The number of benzene rings is 2. The highest BCUT2D eigenvalue weighted by Gasteiger charge is 2.16. The summed E-state index contributed by atoms with van der Waals surface area (Å²) in [6.07, 6.45) is 3.37. The summed E-state index contributed by atoms with van der Waals surface area (Å²) in [5.41, 5.74) is 4.60. The van der Waals surface area contributed by atoms with Crippen molar-refractivity contribution < 1.29 is 14.6 Å². The molecule has 0 saturated carbocycles. The molecule has 1 amide bonds. The Bertz CT molecular complexity index is 1510. The van der Waals surface area contributed by atoms with Crippen LogP contribution in [-0.4, -0.2) is 43.0 Å². The molecule has 3 heterocycles. The van der Waals surface area contributed by atoms with Crippen LogP contribution >= 0.6 is 0 Å². The summed E-state index contributed by atoms with van der Waals surface area (Å²) in [5.74, 6) is -0.168. The van der Waals surface area contributed by atoms with Crippen LogP contribution in [0.5, 0.6) is 11.6 Å². The standard InChI is InChI=1S/C24H20N6O3/c1-13-10-25-21-19(13)20(27-12-28-21)15-6-7-18-17(9-15)23(31)30-22(29-18)24(32)26-11-14-4-3-5-16(8-14)33-2/h3-10,12H,11H2,1-2H3,(H,26,32)(H,25,27,28)(H,29,30,31). The van der Waals surface area contributed by atoms with Crippen LogP contribution in [0.25, 0.3) is 33.2 Å². The van der Waals surface area contributed by atoms with Crippen LogP contribution in [0, 0.1) is 6.92 Å². The molecule has 0 bridgehead atoms. The van der Waals surface area contributed by atoms with E-state index in [9.17, 15) is 9.90 Å². The molecule has 164 valence electrons. The minimum absolute atomic E-state index is 0.110. The predicted octanol–water partition coefficient (Wildman–Crippen LogP) is 3.52. The number of aromatic nitrogens is 5. The third-order valence-electron chi connectivity index (χ3n) is 5.41. The number of H-pyrrole nitrogens is 1. The molecule has 3 aromatic heterocycles. The number of aromatic amines is 1. The first-order valence-corrected chi connectivity index (χ1v) is 10.2. The van der Waals surface area contributed by atoms with Gasteiger partial charge < -0.3 is 20.1 Å². The third kappa shape index (κ3) is 3.80. The van der Waals surface area contributed by atoms with Crippen molar-refractivity contribution >= 4 is 27.8 Å². The van der Waals surface area contributed by atoms with Crippen LogP contribution in [-0.2, 0) is 6.54 Å². The lowest BCUT2D eigenvalue weighted by molar-refractivity contribution is 0.0940. The second kappa shape index (κ2) is 8.19. The van der Waals surface area contributed by atoms with Crippen LogP contribution in [0.2, 0.25) is 0 Å². The molecule has 0 aliphatic carbocycles. The Balaban J connectivity index is 1.44. The van der Waals surface area contributed by atoms with Crippen molar-refractivity contribution in [3.63, 3.8) is 0 Å². The Morgan fingerprint density at radius 2 is 2.03 bits per heavy atom. The summed E-state index contributed by atoms with van der Waals surface area (Å²) in [4.78, 5) is 32.8. The van der Waals surface area contributed by atoms with Crippen LogP contribution in [0.3, 0.4) is 0 Å². The van der Waals surface area contributed by atoms with Crippen LogP contribution in [0.15, 0.2) is 55.0 Å². The molecule has 9 nitrogen and oxygen atoms in total. The van der Waals surface area contributed by atoms with Crippen molar-refractivity contribution in [3.8, 4) is 22.9 Å². The molecule has 0 aliphatic heterocycles. The van der Waals surface area contributed by atoms with Gasteiger partial charge in [0.15, 0.2) is 0 Å². The number of methoxy groups -OCH3 is 1. The number of nitrogens with zero attached hydrogens (tertiary/aromatic N) is 4. The third-order valence-corrected chi connectivity index (χ3v) is 5.41. The van der Waals surface area contributed by atoms with E-state index < -0.39 is 5.91 Å². The fraction of sp³-hybridized carbons (Fsp3) is 0.125. The number of carbonyl (C=O) groups is 1. The van der Waals surface area contributed by atoms with Gasteiger partial charge in [-0.1, -0.05) is 18.2 Å². The SMILES string of the molecule is COc1cccc(CNC(=O)c2nc(O)c3cc(-c4ncnc5[nH]cc(C)c45)ccc3n2)c1. The number of hydrogen-bond acceptors (Lipinski definition) is 7. The minimum atomic E-state index is -0.487. The van der Waals surface area contributed by atoms with Gasteiger partial charge in [0.05, 0.1) is 23.7 Å². The van der Waals surface area contributed by atoms with Gasteiger partial charge >= 0.3 is 0 Å². The lowest BCUT2D eigenvalue weighted by atomic mass is 10.0. The molecule has 9 heteroatoms. The van der Waals surface area contributed by atoms with Gasteiger partial charge in [0.25, 0.3) is 5.91 Å². The fourth-order valence-corrected chi connectivity index (χ4v) is 3.74. The van der Waals surface area contributed by atoms with E-state index in [1.807, 2.05) is 43.5 Å². The van der Waals surface area contributed by atoms with Crippen molar-refractivity contribution in [2.75, 3.05) is 7.11 Å². The Hall–Kier alpha value is -4.53. The predicted molar refractivity (Wildman–Crippen MR) is 123 cm³/mol. The number of fused-ring (bicyclic) bond motifs is 2. The monoisotopic (exact) mass is 440 g/mol. The van der Waals surface area contributed by atoms with E-state index in [4.69, 9.17) is 4.74 Å². The summed E-state index contributed by atoms with van der Waals surface area (Å²) in [5, 5.41) is 14.7. The first kappa shape index (κ1) is 20.4. The van der Waals surface area contributed by atoms with Crippen LogP contribution in [0.1, 0.15) is 21.7 Å². The van der Waals surface area contributed by atoms with Crippen molar-refractivity contribution in [1.82, 2.24) is 30.2 Å². The number of amides is 1. The molecular weight excluding hydrogens is 420 g/mol. The Labute approximate surface area is 188 Å². The van der Waals surface area contributed by atoms with E-state index in [1.54, 1.807) is 19.2 Å². The van der Waals surface area contributed by atoms with Gasteiger partial charge in [0.1, 0.15) is 17.7 Å². The van der Waals surface area contributed by atoms with Gasteiger partial charge in [-0.25, -0.2) is 15.0 Å². The van der Waals surface area contributed by atoms with E-state index >= 15 is 0 Å². The second-order valence-corrected chi connectivity index (χ2v) is 7.55. The van der Waals surface area contributed by atoms with Crippen molar-refractivity contribution in [3.05, 3.63) is 71.9 Å². The fourth-order valence-electron chi connectivity index (χ4n) is 3.74. The molecule has 0 saturated heterocycles. The highest BCUT2D eigenvalue weighted by atomic mass is 16.5. The van der Waals surface area contributed by atoms with Gasteiger partial charge in [-0.05, 0) is 42.3 Å². The summed E-state index contributed by atoms with van der Waals surface area (Å²) >= 11 is 0. The van der Waals surface area contributed by atoms with Gasteiger partial charge in [-0.3, -0.25) is 4.79 Å². The molecule has 33 heavy (non-hydrogen) atoms. The maximum Gasteiger partial charge on any atom is 0.289 e. The van der Waals surface area contributed by atoms with Gasteiger partial charge in [0.2, 0.25) is 11.7 Å². The molecular formula is C24H20N6O3. The summed E-state index contributed by atoms with van der Waals surface area (Å²) in [6, 6.07) is 12.7. The van der Waals surface area contributed by atoms with Gasteiger partial charge in [-0.2, -0.15) is 4.98 Å². The molecule has 0 unspecified atom stereocenters. The van der Waals surface area contributed by atoms with Gasteiger partial charge in [-0.15, -0.1) is 0 Å². The first-order chi connectivity index (χ1) is 16.0. The maximum atomic E-state index is 12.6. The molecule has 0 atom stereocenters. The van der Waals surface area contributed by atoms with E-state index in [-0.39, 0.29) is 18.2 Å². The van der Waals surface area contributed by atoms with Crippen LogP contribution < -0.4 is 10.1 Å². The second-order valence-electron chi connectivity index (χ2n) is 7.55. The number of hydrogen-bond donors (Lipinski definition) is 3. The number of aryl methyl sites for hydroxylation is 1. The Morgan fingerprint density at radius 3 is 2.88 bits per heavy atom. The minimum Gasteiger partial charge on any atom is -0.497 e. The van der Waals surface area contributed by atoms with Crippen molar-refractivity contribution in [1.29, 1.82) is 0 Å². The van der Waals surface area contributed by atoms with E-state index in [1.165, 1.54) is 6.33 Å². The zero-order valence-electron chi connectivity index (χ0n) is 18.0. The largest absolute Gasteiger partial charge is 0.497 e. The van der Waals surface area contributed by atoms with Crippen molar-refractivity contribution in [2.45, 2.75) is 13.5 Å². The molecule has 3 N–H and O–H groups in total. The summed E-state index contributed by atoms with van der Waals surface area (Å²) < 4.78 is 5.20. The lowest BCUT2D eigenvalue weighted by Crippen LogP contribution is -2.25. The summed E-state index contributed by atoms with van der Waals surface area (Å²) in [7, 11) is 1.58. The zero-order chi connectivity index (χ0) is 22.9. The number of aromatic hydroxyl groups is 1. The molecule has 5 aromatic rings. The zero-order valence-corrected chi connectivity index (χ0v) is 18.0. The topological polar surface area (TPSA) is 126 Å². The Kier molecular flexibility index (Phi) is 5.06. The number of carbonyl (C=O) groups excluding carboxylic acids is 1. The Morgan fingerprint density at radius 1 is 1.15 bits per heavy atom. The average molecular weight is 440 g/mol. The van der Waals surface area contributed by atoms with Crippen molar-refractivity contribution in [2.24, 2.45) is 0 Å². The molecule has 0 radical (unpaired) electrons. The van der Waals surface area contributed by atoms with Gasteiger partial charge in [0, 0.05) is 23.7 Å². The van der Waals surface area contributed by atoms with E-state index in [0.717, 1.165) is 33.4 Å². The normalized spacial score (nSPS) is 11.1. The van der Waals surface area contributed by atoms with E-state index in [0.29, 0.717) is 16.7 Å². The number of ether oxygens (including phenoxy) is 1. The van der Waals surface area contributed by atoms with E-state index in [2.05, 4.69) is 30.2 Å². The quantitative estimate of drug-likeness (QED) is 0.382.